The van der Waals surface area contributed by atoms with Gasteiger partial charge in [0.2, 0.25) is 0 Å². The Morgan fingerprint density at radius 1 is 1.31 bits per heavy atom. The van der Waals surface area contributed by atoms with E-state index in [2.05, 4.69) is 21.2 Å². The van der Waals surface area contributed by atoms with Gasteiger partial charge in [0.15, 0.2) is 0 Å². The van der Waals surface area contributed by atoms with Crippen LogP contribution in [0.4, 0.5) is 18.9 Å². The van der Waals surface area contributed by atoms with E-state index in [9.17, 15) is 13.2 Å². The van der Waals surface area contributed by atoms with Gasteiger partial charge in [-0.15, -0.1) is 0 Å². The zero-order valence-electron chi connectivity index (χ0n) is 8.24. The fourth-order valence-electron chi connectivity index (χ4n) is 1.15. The molecule has 1 N–H and O–H groups in total. The molecule has 0 heterocycles. The molecule has 0 spiro atoms. The Hall–Kier alpha value is -0.420. The van der Waals surface area contributed by atoms with E-state index in [0.29, 0.717) is 15.2 Å². The molecule has 0 aromatic heterocycles. The molecular weight excluding hydrogens is 306 g/mol. The second-order valence-corrected chi connectivity index (χ2v) is 4.45. The third kappa shape index (κ3) is 4.61. The zero-order chi connectivity index (χ0) is 12.2. The number of anilines is 1. The van der Waals surface area contributed by atoms with E-state index in [4.69, 9.17) is 11.6 Å². The van der Waals surface area contributed by atoms with E-state index in [0.717, 1.165) is 0 Å². The fourth-order valence-corrected chi connectivity index (χ4v) is 1.73. The minimum Gasteiger partial charge on any atom is -0.384 e. The summed E-state index contributed by atoms with van der Waals surface area (Å²) < 4.78 is 36.3. The monoisotopic (exact) mass is 315 g/mol. The molecule has 0 unspecified atom stereocenters. The average Bonchev–Trinajstić information content (AvgIpc) is 2.17. The second-order valence-electron chi connectivity index (χ2n) is 3.25. The number of halogens is 5. The molecule has 0 fully saturated rings. The molecule has 90 valence electrons. The summed E-state index contributed by atoms with van der Waals surface area (Å²) in [6, 6.07) is 5.19. The van der Waals surface area contributed by atoms with Gasteiger partial charge in [-0.25, -0.2) is 0 Å². The Labute approximate surface area is 105 Å². The lowest BCUT2D eigenvalue weighted by molar-refractivity contribution is -0.134. The molecule has 6 heteroatoms. The second kappa shape index (κ2) is 5.77. The van der Waals surface area contributed by atoms with E-state index >= 15 is 0 Å². The first-order valence-electron chi connectivity index (χ1n) is 4.65. The molecule has 1 rings (SSSR count). The first-order valence-corrected chi connectivity index (χ1v) is 5.82. The number of rotatable bonds is 4. The van der Waals surface area contributed by atoms with Gasteiger partial charge in [0, 0.05) is 18.7 Å². The van der Waals surface area contributed by atoms with Crippen molar-refractivity contribution in [3.8, 4) is 0 Å². The molecule has 0 atom stereocenters. The lowest BCUT2D eigenvalue weighted by Crippen LogP contribution is -2.11. The maximum absolute atomic E-state index is 11.9. The first-order chi connectivity index (χ1) is 7.40. The number of nitrogens with one attached hydrogen (secondary N) is 1. The smallest absolute Gasteiger partial charge is 0.384 e. The normalized spacial score (nSPS) is 11.6. The molecule has 0 radical (unpaired) electrons. The molecule has 16 heavy (non-hydrogen) atoms. The van der Waals surface area contributed by atoms with Gasteiger partial charge < -0.3 is 5.32 Å². The van der Waals surface area contributed by atoms with Crippen LogP contribution >= 0.6 is 27.5 Å². The molecule has 0 aliphatic rings. The Morgan fingerprint density at radius 3 is 2.62 bits per heavy atom. The van der Waals surface area contributed by atoms with Crippen LogP contribution in [0, 0.1) is 0 Å². The molecule has 0 aliphatic heterocycles. The Bertz CT molecular complexity index is 354. The maximum atomic E-state index is 11.9. The Balaban J connectivity index is 2.41. The maximum Gasteiger partial charge on any atom is 0.389 e. The Morgan fingerprint density at radius 2 is 2.00 bits per heavy atom. The molecular formula is C10H10BrClF3N. The molecule has 0 bridgehead atoms. The van der Waals surface area contributed by atoms with Crippen molar-refractivity contribution in [3.63, 3.8) is 0 Å². The third-order valence-electron chi connectivity index (χ3n) is 1.90. The van der Waals surface area contributed by atoms with Gasteiger partial charge in [0.05, 0.1) is 9.50 Å². The summed E-state index contributed by atoms with van der Waals surface area (Å²) in [6.45, 7) is 0.262. The SMILES string of the molecule is FC(F)(F)CCCNc1cccc(Cl)c1Br. The fraction of sp³-hybridized carbons (Fsp3) is 0.400. The van der Waals surface area contributed by atoms with Crippen LogP contribution in [-0.4, -0.2) is 12.7 Å². The number of hydrogen-bond donors (Lipinski definition) is 1. The van der Waals surface area contributed by atoms with Crippen molar-refractivity contribution < 1.29 is 13.2 Å². The van der Waals surface area contributed by atoms with Gasteiger partial charge in [0.25, 0.3) is 0 Å². The number of benzene rings is 1. The largest absolute Gasteiger partial charge is 0.389 e. The minimum atomic E-state index is -4.09. The summed E-state index contributed by atoms with van der Waals surface area (Å²) in [7, 11) is 0. The molecule has 1 nitrogen and oxygen atoms in total. The van der Waals surface area contributed by atoms with E-state index in [1.165, 1.54) is 0 Å². The highest BCUT2D eigenvalue weighted by molar-refractivity contribution is 9.10. The van der Waals surface area contributed by atoms with Crippen molar-refractivity contribution >= 4 is 33.2 Å². The van der Waals surface area contributed by atoms with Crippen molar-refractivity contribution in [1.82, 2.24) is 0 Å². The van der Waals surface area contributed by atoms with Gasteiger partial charge >= 0.3 is 6.18 Å². The molecule has 0 saturated heterocycles. The Kier molecular flexibility index (Phi) is 4.92. The lowest BCUT2D eigenvalue weighted by Gasteiger charge is -2.10. The number of alkyl halides is 3. The van der Waals surface area contributed by atoms with Crippen LogP contribution in [0.1, 0.15) is 12.8 Å². The average molecular weight is 317 g/mol. The van der Waals surface area contributed by atoms with Gasteiger partial charge in [-0.3, -0.25) is 0 Å². The highest BCUT2D eigenvalue weighted by Crippen LogP contribution is 2.30. The van der Waals surface area contributed by atoms with E-state index < -0.39 is 12.6 Å². The van der Waals surface area contributed by atoms with Gasteiger partial charge in [-0.05, 0) is 34.5 Å². The van der Waals surface area contributed by atoms with Gasteiger partial charge in [0.1, 0.15) is 0 Å². The van der Waals surface area contributed by atoms with E-state index in [-0.39, 0.29) is 13.0 Å². The summed E-state index contributed by atoms with van der Waals surface area (Å²) in [5.74, 6) is 0. The van der Waals surface area contributed by atoms with Crippen molar-refractivity contribution in [1.29, 1.82) is 0 Å². The number of hydrogen-bond acceptors (Lipinski definition) is 1. The third-order valence-corrected chi connectivity index (χ3v) is 3.30. The van der Waals surface area contributed by atoms with Crippen LogP contribution in [0.25, 0.3) is 0 Å². The standard InChI is InChI=1S/C10H10BrClF3N/c11-9-7(12)3-1-4-8(9)16-6-2-5-10(13,14)15/h1,3-4,16H,2,5-6H2. The summed E-state index contributed by atoms with van der Waals surface area (Å²) >= 11 is 9.09. The van der Waals surface area contributed by atoms with Crippen molar-refractivity contribution in [2.45, 2.75) is 19.0 Å². The molecule has 1 aromatic rings. The van der Waals surface area contributed by atoms with Crippen LogP contribution in [0.3, 0.4) is 0 Å². The zero-order valence-corrected chi connectivity index (χ0v) is 10.6. The van der Waals surface area contributed by atoms with Crippen LogP contribution in [0.2, 0.25) is 5.02 Å². The topological polar surface area (TPSA) is 12.0 Å². The summed E-state index contributed by atoms with van der Waals surface area (Å²) in [5, 5.41) is 3.42. The van der Waals surface area contributed by atoms with Crippen molar-refractivity contribution in [3.05, 3.63) is 27.7 Å². The van der Waals surface area contributed by atoms with Crippen LogP contribution < -0.4 is 5.32 Å². The van der Waals surface area contributed by atoms with E-state index in [1.807, 2.05) is 0 Å². The van der Waals surface area contributed by atoms with Crippen LogP contribution in [-0.2, 0) is 0 Å². The van der Waals surface area contributed by atoms with Crippen LogP contribution in [0.5, 0.6) is 0 Å². The first kappa shape index (κ1) is 13.6. The molecule has 0 amide bonds. The predicted molar refractivity (Wildman–Crippen MR) is 62.9 cm³/mol. The minimum absolute atomic E-state index is 0.0441. The molecule has 1 aromatic carbocycles. The van der Waals surface area contributed by atoms with E-state index in [1.54, 1.807) is 18.2 Å². The summed E-state index contributed by atoms with van der Waals surface area (Å²) in [5.41, 5.74) is 0.703. The molecule has 0 saturated carbocycles. The van der Waals surface area contributed by atoms with Gasteiger partial charge in [-0.1, -0.05) is 17.7 Å². The van der Waals surface area contributed by atoms with Crippen LogP contribution in [0.15, 0.2) is 22.7 Å². The van der Waals surface area contributed by atoms with Gasteiger partial charge in [-0.2, -0.15) is 13.2 Å². The highest BCUT2D eigenvalue weighted by atomic mass is 79.9. The lowest BCUT2D eigenvalue weighted by atomic mass is 10.2. The highest BCUT2D eigenvalue weighted by Gasteiger charge is 2.25. The van der Waals surface area contributed by atoms with Crippen molar-refractivity contribution in [2.75, 3.05) is 11.9 Å². The quantitative estimate of drug-likeness (QED) is 0.782. The summed E-state index contributed by atoms with van der Waals surface area (Å²) in [4.78, 5) is 0. The van der Waals surface area contributed by atoms with Crippen molar-refractivity contribution in [2.24, 2.45) is 0 Å². The summed E-state index contributed by atoms with van der Waals surface area (Å²) in [6.07, 6.45) is -4.83. The molecule has 0 aliphatic carbocycles. The predicted octanol–water partition coefficient (Wildman–Crippen LogP) is 4.86.